The van der Waals surface area contributed by atoms with Gasteiger partial charge in [0.1, 0.15) is 5.38 Å². The summed E-state index contributed by atoms with van der Waals surface area (Å²) in [5.41, 5.74) is 5.62. The summed E-state index contributed by atoms with van der Waals surface area (Å²) in [7, 11) is 2.99. The summed E-state index contributed by atoms with van der Waals surface area (Å²) in [5.74, 6) is 0.323. The van der Waals surface area contributed by atoms with Crippen LogP contribution in [-0.4, -0.2) is 20.1 Å². The van der Waals surface area contributed by atoms with Gasteiger partial charge in [0.25, 0.3) is 0 Å². The number of carbonyl (C=O) groups excluding carboxylic acids is 1. The standard InChI is InChI=1S/C10H12ClNO3/c1-14-7-5-3-4-6(9(7)15-2)8(11)10(12)13/h3-5,8H,1-2H3,(H2,12,13). The van der Waals surface area contributed by atoms with Gasteiger partial charge in [-0.25, -0.2) is 0 Å². The highest BCUT2D eigenvalue weighted by atomic mass is 35.5. The van der Waals surface area contributed by atoms with E-state index in [9.17, 15) is 4.79 Å². The van der Waals surface area contributed by atoms with Crippen LogP contribution in [0.15, 0.2) is 18.2 Å². The molecule has 0 aliphatic carbocycles. The summed E-state index contributed by atoms with van der Waals surface area (Å²) in [5, 5.41) is -0.921. The largest absolute Gasteiger partial charge is 0.493 e. The van der Waals surface area contributed by atoms with Gasteiger partial charge in [-0.15, -0.1) is 11.6 Å². The molecule has 1 aromatic carbocycles. The van der Waals surface area contributed by atoms with Gasteiger partial charge >= 0.3 is 0 Å². The van der Waals surface area contributed by atoms with Crippen molar-refractivity contribution >= 4 is 17.5 Å². The minimum atomic E-state index is -0.921. The van der Waals surface area contributed by atoms with Crippen molar-refractivity contribution in [2.24, 2.45) is 5.73 Å². The van der Waals surface area contributed by atoms with E-state index in [2.05, 4.69) is 0 Å². The molecule has 82 valence electrons. The molecule has 0 aromatic heterocycles. The number of hydrogen-bond donors (Lipinski definition) is 1. The van der Waals surface area contributed by atoms with Crippen molar-refractivity contribution in [3.8, 4) is 11.5 Å². The van der Waals surface area contributed by atoms with E-state index in [0.29, 0.717) is 17.1 Å². The Bertz CT molecular complexity index is 368. The zero-order valence-electron chi connectivity index (χ0n) is 8.49. The van der Waals surface area contributed by atoms with Crippen molar-refractivity contribution in [1.82, 2.24) is 0 Å². The highest BCUT2D eigenvalue weighted by molar-refractivity contribution is 6.30. The molecule has 1 amide bonds. The van der Waals surface area contributed by atoms with Crippen molar-refractivity contribution in [1.29, 1.82) is 0 Å². The number of para-hydroxylation sites is 1. The Morgan fingerprint density at radius 3 is 2.53 bits per heavy atom. The molecule has 4 nitrogen and oxygen atoms in total. The maximum atomic E-state index is 11.0. The molecule has 0 aliphatic heterocycles. The van der Waals surface area contributed by atoms with Crippen molar-refractivity contribution < 1.29 is 14.3 Å². The van der Waals surface area contributed by atoms with Gasteiger partial charge in [-0.2, -0.15) is 0 Å². The molecule has 0 spiro atoms. The van der Waals surface area contributed by atoms with E-state index in [1.807, 2.05) is 0 Å². The zero-order chi connectivity index (χ0) is 11.4. The van der Waals surface area contributed by atoms with Crippen LogP contribution in [0, 0.1) is 0 Å². The van der Waals surface area contributed by atoms with Gasteiger partial charge in [0, 0.05) is 5.56 Å². The number of ether oxygens (including phenoxy) is 2. The minimum Gasteiger partial charge on any atom is -0.493 e. The second-order valence-electron chi connectivity index (χ2n) is 2.85. The summed E-state index contributed by atoms with van der Waals surface area (Å²) < 4.78 is 10.2. The first-order chi connectivity index (χ1) is 7.11. The highest BCUT2D eigenvalue weighted by Gasteiger charge is 2.21. The first-order valence-corrected chi connectivity index (χ1v) is 4.69. The first kappa shape index (κ1) is 11.7. The van der Waals surface area contributed by atoms with Crippen molar-refractivity contribution in [2.45, 2.75) is 5.38 Å². The summed E-state index contributed by atoms with van der Waals surface area (Å²) in [6, 6.07) is 5.10. The molecule has 0 saturated heterocycles. The molecule has 2 N–H and O–H groups in total. The Labute approximate surface area is 92.9 Å². The molecular formula is C10H12ClNO3. The number of primary amides is 1. The third kappa shape index (κ3) is 2.33. The molecule has 0 saturated carbocycles. The molecular weight excluding hydrogens is 218 g/mol. The van der Waals surface area contributed by atoms with Gasteiger partial charge in [0.05, 0.1) is 14.2 Å². The molecule has 1 unspecified atom stereocenters. The quantitative estimate of drug-likeness (QED) is 0.796. The average Bonchev–Trinajstić information content (AvgIpc) is 2.26. The Morgan fingerprint density at radius 1 is 1.40 bits per heavy atom. The van der Waals surface area contributed by atoms with Crippen LogP contribution in [0.1, 0.15) is 10.9 Å². The van der Waals surface area contributed by atoms with Crippen LogP contribution in [0.4, 0.5) is 0 Å². The first-order valence-electron chi connectivity index (χ1n) is 4.26. The molecule has 5 heteroatoms. The van der Waals surface area contributed by atoms with Crippen LogP contribution in [0.3, 0.4) is 0 Å². The number of alkyl halides is 1. The van der Waals surface area contributed by atoms with Gasteiger partial charge in [0.2, 0.25) is 5.91 Å². The summed E-state index contributed by atoms with van der Waals surface area (Å²) in [6.07, 6.45) is 0. The van der Waals surface area contributed by atoms with Crippen LogP contribution in [0.25, 0.3) is 0 Å². The van der Waals surface area contributed by atoms with E-state index in [4.69, 9.17) is 26.8 Å². The number of carbonyl (C=O) groups is 1. The second kappa shape index (κ2) is 4.89. The lowest BCUT2D eigenvalue weighted by atomic mass is 10.1. The molecule has 15 heavy (non-hydrogen) atoms. The summed E-state index contributed by atoms with van der Waals surface area (Å²) in [6.45, 7) is 0. The van der Waals surface area contributed by atoms with E-state index in [0.717, 1.165) is 0 Å². The fourth-order valence-electron chi connectivity index (χ4n) is 1.26. The molecule has 0 radical (unpaired) electrons. The van der Waals surface area contributed by atoms with Gasteiger partial charge in [-0.1, -0.05) is 12.1 Å². The molecule has 0 aliphatic rings. The number of benzene rings is 1. The maximum Gasteiger partial charge on any atom is 0.240 e. The van der Waals surface area contributed by atoms with Gasteiger partial charge in [-0.05, 0) is 6.07 Å². The SMILES string of the molecule is COc1cccc(C(Cl)C(N)=O)c1OC. The van der Waals surface area contributed by atoms with E-state index in [1.54, 1.807) is 18.2 Å². The Hall–Kier alpha value is -1.42. The number of hydrogen-bond acceptors (Lipinski definition) is 3. The predicted molar refractivity (Wildman–Crippen MR) is 57.3 cm³/mol. The highest BCUT2D eigenvalue weighted by Crippen LogP contribution is 2.36. The van der Waals surface area contributed by atoms with Crippen LogP contribution in [0.2, 0.25) is 0 Å². The fraction of sp³-hybridized carbons (Fsp3) is 0.300. The summed E-state index contributed by atoms with van der Waals surface area (Å²) in [4.78, 5) is 11.0. The van der Waals surface area contributed by atoms with Crippen LogP contribution >= 0.6 is 11.6 Å². The number of amides is 1. The number of halogens is 1. The lowest BCUT2D eigenvalue weighted by molar-refractivity contribution is -0.117. The average molecular weight is 230 g/mol. The van der Waals surface area contributed by atoms with Gasteiger partial charge < -0.3 is 15.2 Å². The second-order valence-corrected chi connectivity index (χ2v) is 3.28. The fourth-order valence-corrected chi connectivity index (χ4v) is 1.44. The topological polar surface area (TPSA) is 61.5 Å². The third-order valence-corrected chi connectivity index (χ3v) is 2.41. The monoisotopic (exact) mass is 229 g/mol. The third-order valence-electron chi connectivity index (χ3n) is 1.96. The van der Waals surface area contributed by atoms with E-state index in [1.165, 1.54) is 14.2 Å². The smallest absolute Gasteiger partial charge is 0.240 e. The molecule has 0 heterocycles. The molecule has 1 aromatic rings. The molecule has 1 rings (SSSR count). The Morgan fingerprint density at radius 2 is 2.07 bits per heavy atom. The lowest BCUT2D eigenvalue weighted by Gasteiger charge is -2.14. The van der Waals surface area contributed by atoms with Crippen LogP contribution in [-0.2, 0) is 4.79 Å². The van der Waals surface area contributed by atoms with Gasteiger partial charge in [0.15, 0.2) is 11.5 Å². The normalized spacial score (nSPS) is 11.9. The van der Waals surface area contributed by atoms with Crippen LogP contribution < -0.4 is 15.2 Å². The van der Waals surface area contributed by atoms with Crippen LogP contribution in [0.5, 0.6) is 11.5 Å². The lowest BCUT2D eigenvalue weighted by Crippen LogP contribution is -2.17. The van der Waals surface area contributed by atoms with E-state index < -0.39 is 11.3 Å². The molecule has 0 fully saturated rings. The number of nitrogens with two attached hydrogens (primary N) is 1. The maximum absolute atomic E-state index is 11.0. The summed E-state index contributed by atoms with van der Waals surface area (Å²) >= 11 is 5.84. The number of rotatable bonds is 4. The Kier molecular flexibility index (Phi) is 3.80. The minimum absolute atomic E-state index is 0.429. The number of methoxy groups -OCH3 is 2. The molecule has 0 bridgehead atoms. The van der Waals surface area contributed by atoms with E-state index in [-0.39, 0.29) is 0 Å². The van der Waals surface area contributed by atoms with Crippen molar-refractivity contribution in [3.63, 3.8) is 0 Å². The van der Waals surface area contributed by atoms with Gasteiger partial charge in [-0.3, -0.25) is 4.79 Å². The molecule has 1 atom stereocenters. The van der Waals surface area contributed by atoms with E-state index >= 15 is 0 Å². The van der Waals surface area contributed by atoms with Crippen molar-refractivity contribution in [2.75, 3.05) is 14.2 Å². The Balaban J connectivity index is 3.22. The predicted octanol–water partition coefficient (Wildman–Crippen LogP) is 1.47. The van der Waals surface area contributed by atoms with Crippen molar-refractivity contribution in [3.05, 3.63) is 23.8 Å². The zero-order valence-corrected chi connectivity index (χ0v) is 9.25.